The van der Waals surface area contributed by atoms with Gasteiger partial charge in [-0.05, 0) is 24.6 Å². The fourth-order valence-corrected chi connectivity index (χ4v) is 4.43. The van der Waals surface area contributed by atoms with E-state index in [2.05, 4.69) is 4.98 Å². The van der Waals surface area contributed by atoms with Gasteiger partial charge in [0.1, 0.15) is 5.76 Å². The van der Waals surface area contributed by atoms with E-state index in [1.165, 1.54) is 22.3 Å². The van der Waals surface area contributed by atoms with Gasteiger partial charge in [-0.15, -0.1) is 11.3 Å². The number of aliphatic hydroxyl groups is 1. The summed E-state index contributed by atoms with van der Waals surface area (Å²) >= 11 is 13.6. The van der Waals surface area contributed by atoms with Gasteiger partial charge in [0, 0.05) is 27.2 Å². The molecule has 8 heteroatoms. The molecule has 29 heavy (non-hydrogen) atoms. The molecule has 2 aromatic carbocycles. The van der Waals surface area contributed by atoms with Gasteiger partial charge in [-0.25, -0.2) is 4.98 Å². The van der Waals surface area contributed by atoms with Crippen molar-refractivity contribution in [2.24, 2.45) is 0 Å². The van der Waals surface area contributed by atoms with E-state index >= 15 is 0 Å². The number of aryl methyl sites for hydroxylation is 1. The summed E-state index contributed by atoms with van der Waals surface area (Å²) in [7, 11) is 0. The predicted molar refractivity (Wildman–Crippen MR) is 115 cm³/mol. The largest absolute Gasteiger partial charge is 0.507 e. The molecule has 146 valence electrons. The third kappa shape index (κ3) is 3.44. The topological polar surface area (TPSA) is 70.5 Å². The first-order chi connectivity index (χ1) is 13.9. The Bertz CT molecular complexity index is 1140. The van der Waals surface area contributed by atoms with Crippen LogP contribution in [0.2, 0.25) is 10.0 Å². The molecule has 0 aliphatic carbocycles. The molecule has 1 N–H and O–H groups in total. The molecule has 0 radical (unpaired) electrons. The number of benzene rings is 2. The van der Waals surface area contributed by atoms with Crippen molar-refractivity contribution in [2.75, 3.05) is 4.90 Å². The Morgan fingerprint density at radius 2 is 1.86 bits per heavy atom. The summed E-state index contributed by atoms with van der Waals surface area (Å²) in [4.78, 5) is 31.3. The van der Waals surface area contributed by atoms with Crippen LogP contribution in [0.3, 0.4) is 0 Å². The fourth-order valence-electron chi connectivity index (χ4n) is 3.25. The Kier molecular flexibility index (Phi) is 5.17. The van der Waals surface area contributed by atoms with Gasteiger partial charge in [0.2, 0.25) is 0 Å². The molecule has 1 aliphatic rings. The van der Waals surface area contributed by atoms with Crippen molar-refractivity contribution in [3.8, 4) is 0 Å². The van der Waals surface area contributed by atoms with Crippen LogP contribution in [0.5, 0.6) is 0 Å². The minimum absolute atomic E-state index is 0.0433. The van der Waals surface area contributed by atoms with Crippen molar-refractivity contribution in [2.45, 2.75) is 13.0 Å². The average molecular weight is 445 g/mol. The van der Waals surface area contributed by atoms with Gasteiger partial charge in [0.15, 0.2) is 5.13 Å². The minimum atomic E-state index is -0.924. The van der Waals surface area contributed by atoms with E-state index in [0.717, 1.165) is 5.56 Å². The van der Waals surface area contributed by atoms with Crippen LogP contribution in [0.4, 0.5) is 5.13 Å². The lowest BCUT2D eigenvalue weighted by Gasteiger charge is -2.23. The number of thiazole rings is 1. The van der Waals surface area contributed by atoms with E-state index in [1.807, 2.05) is 19.1 Å². The number of hydrogen-bond donors (Lipinski definition) is 1. The van der Waals surface area contributed by atoms with Crippen molar-refractivity contribution in [3.05, 3.63) is 86.4 Å². The molecular formula is C21H14Cl2N2O3S. The Balaban J connectivity index is 1.97. The predicted octanol–water partition coefficient (Wildman–Crippen LogP) is 5.38. The van der Waals surface area contributed by atoms with Crippen LogP contribution in [-0.2, 0) is 9.59 Å². The maximum absolute atomic E-state index is 13.0. The third-order valence-electron chi connectivity index (χ3n) is 4.65. The molecule has 0 bridgehead atoms. The molecule has 5 nitrogen and oxygen atoms in total. The number of carbonyl (C=O) groups excluding carboxylic acids is 2. The smallest absolute Gasteiger partial charge is 0.301 e. The first-order valence-electron chi connectivity index (χ1n) is 8.61. The molecule has 1 atom stereocenters. The molecule has 1 amide bonds. The van der Waals surface area contributed by atoms with Crippen molar-refractivity contribution in [1.29, 1.82) is 0 Å². The molecule has 1 aromatic heterocycles. The SMILES string of the molecule is Cc1ccc(/C(O)=C2/C(=O)C(=O)N(c3nccs3)C2c2ccc(Cl)cc2Cl)cc1. The Hall–Kier alpha value is -2.67. The normalized spacial score (nSPS) is 18.4. The lowest BCUT2D eigenvalue weighted by molar-refractivity contribution is -0.132. The monoisotopic (exact) mass is 444 g/mol. The van der Waals surface area contributed by atoms with E-state index in [9.17, 15) is 14.7 Å². The van der Waals surface area contributed by atoms with Crippen LogP contribution < -0.4 is 4.90 Å². The second-order valence-corrected chi connectivity index (χ2v) is 8.23. The van der Waals surface area contributed by atoms with Crippen LogP contribution in [0, 0.1) is 6.92 Å². The standard InChI is InChI=1S/C21H14Cl2N2O3S/c1-11-2-4-12(5-3-11)18(26)16-17(14-7-6-13(22)10-15(14)23)25(20(28)19(16)27)21-24-8-9-29-21/h2-10,17,26H,1H3/b18-16-. The third-order valence-corrected chi connectivity index (χ3v) is 5.99. The lowest BCUT2D eigenvalue weighted by atomic mass is 9.95. The van der Waals surface area contributed by atoms with Crippen LogP contribution in [0.25, 0.3) is 5.76 Å². The number of nitrogens with zero attached hydrogens (tertiary/aromatic N) is 2. The summed E-state index contributed by atoms with van der Waals surface area (Å²) in [5, 5.41) is 13.7. The number of anilines is 1. The highest BCUT2D eigenvalue weighted by atomic mass is 35.5. The average Bonchev–Trinajstić information content (AvgIpc) is 3.29. The molecule has 1 fully saturated rings. The van der Waals surface area contributed by atoms with Gasteiger partial charge in [0.05, 0.1) is 11.6 Å². The zero-order valence-electron chi connectivity index (χ0n) is 15.1. The van der Waals surface area contributed by atoms with E-state index in [0.29, 0.717) is 21.3 Å². The maximum atomic E-state index is 13.0. The van der Waals surface area contributed by atoms with Crippen molar-refractivity contribution >= 4 is 57.1 Å². The first kappa shape index (κ1) is 19.6. The number of carbonyl (C=O) groups is 2. The number of ketones is 1. The van der Waals surface area contributed by atoms with E-state index < -0.39 is 17.7 Å². The number of amides is 1. The fraction of sp³-hybridized carbons (Fsp3) is 0.0952. The molecule has 0 saturated carbocycles. The lowest BCUT2D eigenvalue weighted by Crippen LogP contribution is -2.29. The summed E-state index contributed by atoms with van der Waals surface area (Å²) in [6, 6.07) is 10.9. The van der Waals surface area contributed by atoms with Crippen molar-refractivity contribution in [3.63, 3.8) is 0 Å². The molecule has 0 spiro atoms. The summed E-state index contributed by atoms with van der Waals surface area (Å²) in [5.74, 6) is -1.84. The number of hydrogen-bond acceptors (Lipinski definition) is 5. The van der Waals surface area contributed by atoms with Gasteiger partial charge >= 0.3 is 5.91 Å². The summed E-state index contributed by atoms with van der Waals surface area (Å²) < 4.78 is 0. The molecule has 1 saturated heterocycles. The molecule has 1 unspecified atom stereocenters. The molecule has 1 aliphatic heterocycles. The van der Waals surface area contributed by atoms with Crippen LogP contribution in [0.15, 0.2) is 59.6 Å². The van der Waals surface area contributed by atoms with E-state index in [4.69, 9.17) is 23.2 Å². The zero-order valence-corrected chi connectivity index (χ0v) is 17.4. The van der Waals surface area contributed by atoms with Gasteiger partial charge in [0.25, 0.3) is 5.78 Å². The molecular weight excluding hydrogens is 431 g/mol. The number of Topliss-reactive ketones (excluding diaryl/α,β-unsaturated/α-hetero) is 1. The number of rotatable bonds is 3. The van der Waals surface area contributed by atoms with E-state index in [-0.39, 0.29) is 16.4 Å². The highest BCUT2D eigenvalue weighted by Crippen LogP contribution is 2.45. The van der Waals surface area contributed by atoms with Crippen LogP contribution in [-0.4, -0.2) is 21.8 Å². The summed E-state index contributed by atoms with van der Waals surface area (Å²) in [6.45, 7) is 1.92. The van der Waals surface area contributed by atoms with Crippen molar-refractivity contribution < 1.29 is 14.7 Å². The van der Waals surface area contributed by atoms with Gasteiger partial charge < -0.3 is 5.11 Å². The van der Waals surface area contributed by atoms with Crippen LogP contribution in [0.1, 0.15) is 22.7 Å². The maximum Gasteiger partial charge on any atom is 0.301 e. The van der Waals surface area contributed by atoms with Gasteiger partial charge in [-0.1, -0.05) is 59.1 Å². The Morgan fingerprint density at radius 3 is 2.48 bits per heavy atom. The first-order valence-corrected chi connectivity index (χ1v) is 10.2. The minimum Gasteiger partial charge on any atom is -0.507 e. The Morgan fingerprint density at radius 1 is 1.14 bits per heavy atom. The number of aliphatic hydroxyl groups excluding tert-OH is 1. The second-order valence-electron chi connectivity index (χ2n) is 6.52. The summed E-state index contributed by atoms with van der Waals surface area (Å²) in [5.41, 5.74) is 1.86. The summed E-state index contributed by atoms with van der Waals surface area (Å²) in [6.07, 6.45) is 1.54. The number of halogens is 2. The van der Waals surface area contributed by atoms with Crippen molar-refractivity contribution in [1.82, 2.24) is 4.98 Å². The van der Waals surface area contributed by atoms with Gasteiger partial charge in [-0.3, -0.25) is 14.5 Å². The van der Waals surface area contributed by atoms with E-state index in [1.54, 1.807) is 35.8 Å². The second kappa shape index (κ2) is 7.63. The molecule has 3 aromatic rings. The quantitative estimate of drug-likeness (QED) is 0.334. The molecule has 4 rings (SSSR count). The molecule has 2 heterocycles. The highest BCUT2D eigenvalue weighted by molar-refractivity contribution is 7.14. The van der Waals surface area contributed by atoms with Crippen LogP contribution >= 0.6 is 34.5 Å². The highest BCUT2D eigenvalue weighted by Gasteiger charge is 2.48. The zero-order chi connectivity index (χ0) is 20.7. The van der Waals surface area contributed by atoms with Gasteiger partial charge in [-0.2, -0.15) is 0 Å². The number of aromatic nitrogens is 1. The Labute approximate surface area is 180 Å².